The van der Waals surface area contributed by atoms with Gasteiger partial charge in [-0.2, -0.15) is 0 Å². The normalized spacial score (nSPS) is 14.9. The van der Waals surface area contributed by atoms with Crippen molar-refractivity contribution in [1.82, 2.24) is 10.3 Å². The maximum absolute atomic E-state index is 4.67. The first-order chi connectivity index (χ1) is 8.81. The third-order valence-corrected chi connectivity index (χ3v) is 4.42. The smallest absolute Gasteiger partial charge is 0.107 e. The predicted octanol–water partition coefficient (Wildman–Crippen LogP) is 4.07. The average Bonchev–Trinajstić information content (AvgIpc) is 3.06. The van der Waals surface area contributed by atoms with Crippen LogP contribution in [0.1, 0.15) is 17.8 Å². The van der Waals surface area contributed by atoms with Crippen LogP contribution in [0.3, 0.4) is 0 Å². The third-order valence-electron chi connectivity index (χ3n) is 3.08. The lowest BCUT2D eigenvalue weighted by Gasteiger charge is -1.99. The molecule has 0 bridgehead atoms. The summed E-state index contributed by atoms with van der Waals surface area (Å²) in [6.45, 7) is 2.04. The molecule has 2 nitrogen and oxygen atoms in total. The summed E-state index contributed by atoms with van der Waals surface area (Å²) >= 11 is 5.23. The van der Waals surface area contributed by atoms with Gasteiger partial charge in [0.1, 0.15) is 5.01 Å². The third kappa shape index (κ3) is 3.19. The molecule has 1 aromatic carbocycles. The highest BCUT2D eigenvalue weighted by molar-refractivity contribution is 9.10. The Morgan fingerprint density at radius 2 is 2.28 bits per heavy atom. The minimum Gasteiger partial charge on any atom is -0.310 e. The standard InChI is InChI=1S/C14H15BrN2S/c15-12-3-1-2-11(6-12)13-9-18-14(17-13)8-16-7-10-4-5-10/h1-3,6,9-10,16H,4-5,7-8H2. The van der Waals surface area contributed by atoms with Gasteiger partial charge in [-0.15, -0.1) is 11.3 Å². The fraction of sp³-hybridized carbons (Fsp3) is 0.357. The minimum atomic E-state index is 0.898. The Morgan fingerprint density at radius 1 is 1.39 bits per heavy atom. The van der Waals surface area contributed by atoms with Gasteiger partial charge in [0, 0.05) is 22.0 Å². The zero-order valence-electron chi connectivity index (χ0n) is 10.0. The number of hydrogen-bond acceptors (Lipinski definition) is 3. The molecule has 0 unspecified atom stereocenters. The molecular weight excluding hydrogens is 308 g/mol. The average molecular weight is 323 g/mol. The summed E-state index contributed by atoms with van der Waals surface area (Å²) in [5.41, 5.74) is 2.25. The van der Waals surface area contributed by atoms with Gasteiger partial charge in [-0.1, -0.05) is 28.1 Å². The zero-order valence-corrected chi connectivity index (χ0v) is 12.4. The van der Waals surface area contributed by atoms with Crippen LogP contribution >= 0.6 is 27.3 Å². The van der Waals surface area contributed by atoms with Crippen LogP contribution in [0, 0.1) is 5.92 Å². The van der Waals surface area contributed by atoms with E-state index in [2.05, 4.69) is 43.7 Å². The number of aromatic nitrogens is 1. The molecule has 0 spiro atoms. The van der Waals surface area contributed by atoms with Crippen molar-refractivity contribution in [2.45, 2.75) is 19.4 Å². The number of nitrogens with zero attached hydrogens (tertiary/aromatic N) is 1. The van der Waals surface area contributed by atoms with E-state index < -0.39 is 0 Å². The van der Waals surface area contributed by atoms with E-state index in [0.29, 0.717) is 0 Å². The van der Waals surface area contributed by atoms with Crippen LogP contribution in [-0.2, 0) is 6.54 Å². The lowest BCUT2D eigenvalue weighted by Crippen LogP contribution is -2.15. The largest absolute Gasteiger partial charge is 0.310 e. The molecule has 0 saturated heterocycles. The monoisotopic (exact) mass is 322 g/mol. The van der Waals surface area contributed by atoms with E-state index >= 15 is 0 Å². The second kappa shape index (κ2) is 5.51. The molecule has 1 fully saturated rings. The highest BCUT2D eigenvalue weighted by Crippen LogP contribution is 2.28. The molecule has 1 N–H and O–H groups in total. The molecule has 1 aliphatic rings. The Morgan fingerprint density at radius 3 is 3.06 bits per heavy atom. The molecular formula is C14H15BrN2S. The molecule has 1 saturated carbocycles. The van der Waals surface area contributed by atoms with Crippen LogP contribution in [0.25, 0.3) is 11.3 Å². The quantitative estimate of drug-likeness (QED) is 0.897. The van der Waals surface area contributed by atoms with Crippen molar-refractivity contribution in [2.24, 2.45) is 5.92 Å². The lowest BCUT2D eigenvalue weighted by atomic mass is 10.2. The number of halogens is 1. The molecule has 18 heavy (non-hydrogen) atoms. The Labute approximate surface area is 120 Å². The zero-order chi connectivity index (χ0) is 12.4. The molecule has 2 aromatic rings. The highest BCUT2D eigenvalue weighted by Gasteiger charge is 2.20. The van der Waals surface area contributed by atoms with E-state index in [9.17, 15) is 0 Å². The molecule has 0 radical (unpaired) electrons. The summed E-state index contributed by atoms with van der Waals surface area (Å²) in [5.74, 6) is 0.925. The summed E-state index contributed by atoms with van der Waals surface area (Å²) in [4.78, 5) is 4.67. The number of hydrogen-bond donors (Lipinski definition) is 1. The van der Waals surface area contributed by atoms with Crippen molar-refractivity contribution in [2.75, 3.05) is 6.54 Å². The summed E-state index contributed by atoms with van der Waals surface area (Å²) in [5, 5.41) is 6.79. The molecule has 0 aliphatic heterocycles. The highest BCUT2D eigenvalue weighted by atomic mass is 79.9. The van der Waals surface area contributed by atoms with Gasteiger partial charge in [0.25, 0.3) is 0 Å². The molecule has 1 heterocycles. The second-order valence-corrected chi connectivity index (χ2v) is 6.57. The number of rotatable bonds is 5. The first-order valence-corrected chi connectivity index (χ1v) is 7.89. The van der Waals surface area contributed by atoms with Crippen molar-refractivity contribution in [3.63, 3.8) is 0 Å². The van der Waals surface area contributed by atoms with Crippen LogP contribution in [0.2, 0.25) is 0 Å². The van der Waals surface area contributed by atoms with Crippen LogP contribution in [0.5, 0.6) is 0 Å². The van der Waals surface area contributed by atoms with Crippen LogP contribution in [0.15, 0.2) is 34.1 Å². The summed E-state index contributed by atoms with van der Waals surface area (Å²) in [6, 6.07) is 8.29. The minimum absolute atomic E-state index is 0.898. The molecule has 94 valence electrons. The molecule has 4 heteroatoms. The van der Waals surface area contributed by atoms with Gasteiger partial charge in [-0.25, -0.2) is 4.98 Å². The van der Waals surface area contributed by atoms with Crippen molar-refractivity contribution in [3.05, 3.63) is 39.1 Å². The Balaban J connectivity index is 1.64. The maximum atomic E-state index is 4.67. The summed E-state index contributed by atoms with van der Waals surface area (Å²) in [6.07, 6.45) is 2.79. The van der Waals surface area contributed by atoms with E-state index in [1.807, 2.05) is 12.1 Å². The van der Waals surface area contributed by atoms with Gasteiger partial charge in [0.2, 0.25) is 0 Å². The van der Waals surface area contributed by atoms with Crippen molar-refractivity contribution in [3.8, 4) is 11.3 Å². The topological polar surface area (TPSA) is 24.9 Å². The van der Waals surface area contributed by atoms with Crippen molar-refractivity contribution >= 4 is 27.3 Å². The van der Waals surface area contributed by atoms with Crippen LogP contribution in [0.4, 0.5) is 0 Å². The van der Waals surface area contributed by atoms with E-state index in [-0.39, 0.29) is 0 Å². The van der Waals surface area contributed by atoms with Gasteiger partial charge < -0.3 is 5.32 Å². The first-order valence-electron chi connectivity index (χ1n) is 6.22. The fourth-order valence-corrected chi connectivity index (χ4v) is 3.05. The SMILES string of the molecule is Brc1cccc(-c2csc(CNCC3CC3)n2)c1. The van der Waals surface area contributed by atoms with Gasteiger partial charge in [-0.3, -0.25) is 0 Å². The number of nitrogens with one attached hydrogen (secondary N) is 1. The van der Waals surface area contributed by atoms with Gasteiger partial charge in [0.05, 0.1) is 5.69 Å². The number of thiazole rings is 1. The van der Waals surface area contributed by atoms with Gasteiger partial charge in [-0.05, 0) is 37.4 Å². The molecule has 1 aromatic heterocycles. The van der Waals surface area contributed by atoms with Crippen molar-refractivity contribution < 1.29 is 0 Å². The van der Waals surface area contributed by atoms with Crippen molar-refractivity contribution in [1.29, 1.82) is 0 Å². The van der Waals surface area contributed by atoms with Crippen LogP contribution < -0.4 is 5.32 Å². The molecule has 1 aliphatic carbocycles. The van der Waals surface area contributed by atoms with E-state index in [0.717, 1.165) is 29.2 Å². The molecule has 0 amide bonds. The van der Waals surface area contributed by atoms with Crippen LogP contribution in [-0.4, -0.2) is 11.5 Å². The summed E-state index contributed by atoms with van der Waals surface area (Å²) in [7, 11) is 0. The number of benzene rings is 1. The Kier molecular flexibility index (Phi) is 3.77. The molecule has 3 rings (SSSR count). The van der Waals surface area contributed by atoms with E-state index in [1.54, 1.807) is 11.3 Å². The Hall–Kier alpha value is -0.710. The summed E-state index contributed by atoms with van der Waals surface area (Å²) < 4.78 is 1.10. The maximum Gasteiger partial charge on any atom is 0.107 e. The Bertz CT molecular complexity index is 534. The van der Waals surface area contributed by atoms with Gasteiger partial charge in [0.15, 0.2) is 0 Å². The molecule has 0 atom stereocenters. The van der Waals surface area contributed by atoms with E-state index in [1.165, 1.54) is 23.4 Å². The fourth-order valence-electron chi connectivity index (χ4n) is 1.88. The second-order valence-electron chi connectivity index (χ2n) is 4.71. The predicted molar refractivity (Wildman–Crippen MR) is 79.7 cm³/mol. The lowest BCUT2D eigenvalue weighted by molar-refractivity contribution is 0.637. The first kappa shape index (κ1) is 12.3. The van der Waals surface area contributed by atoms with E-state index in [4.69, 9.17) is 0 Å². The van der Waals surface area contributed by atoms with Gasteiger partial charge >= 0.3 is 0 Å².